The van der Waals surface area contributed by atoms with E-state index in [1.54, 1.807) is 12.1 Å². The van der Waals surface area contributed by atoms with Crippen molar-refractivity contribution < 1.29 is 19.1 Å². The summed E-state index contributed by atoms with van der Waals surface area (Å²) in [5, 5.41) is 10.3. The molecule has 0 bridgehead atoms. The van der Waals surface area contributed by atoms with Crippen molar-refractivity contribution in [1.82, 2.24) is 9.80 Å². The number of halogens is 1. The minimum absolute atomic E-state index is 0.0504. The van der Waals surface area contributed by atoms with Gasteiger partial charge in [-0.25, -0.2) is 4.39 Å². The Morgan fingerprint density at radius 2 is 1.76 bits per heavy atom. The van der Waals surface area contributed by atoms with Crippen LogP contribution < -0.4 is 0 Å². The Morgan fingerprint density at radius 3 is 2.31 bits per heavy atom. The van der Waals surface area contributed by atoms with Crippen LogP contribution in [0.25, 0.3) is 0 Å². The molecule has 1 amide bonds. The van der Waals surface area contributed by atoms with E-state index >= 15 is 0 Å². The van der Waals surface area contributed by atoms with Crippen molar-refractivity contribution in [2.24, 2.45) is 0 Å². The van der Waals surface area contributed by atoms with E-state index in [4.69, 9.17) is 0 Å². The van der Waals surface area contributed by atoms with Crippen molar-refractivity contribution in [2.75, 3.05) is 26.2 Å². The van der Waals surface area contributed by atoms with Crippen LogP contribution in [0.1, 0.15) is 64.5 Å². The number of carbonyl (C=O) groups excluding carboxylic acids is 2. The highest BCUT2D eigenvalue weighted by Crippen LogP contribution is 2.37. The van der Waals surface area contributed by atoms with Crippen LogP contribution in [0.4, 0.5) is 4.39 Å². The van der Waals surface area contributed by atoms with Crippen molar-refractivity contribution in [1.29, 1.82) is 0 Å². The van der Waals surface area contributed by atoms with Gasteiger partial charge in [0.1, 0.15) is 5.82 Å². The highest BCUT2D eigenvalue weighted by molar-refractivity contribution is 6.08. The van der Waals surface area contributed by atoms with Gasteiger partial charge in [-0.05, 0) is 63.5 Å². The third kappa shape index (κ3) is 5.89. The Bertz CT molecular complexity index is 739. The summed E-state index contributed by atoms with van der Waals surface area (Å²) in [4.78, 5) is 28.7. The number of benzene rings is 1. The predicted octanol–water partition coefficient (Wildman–Crippen LogP) is 4.40. The summed E-state index contributed by atoms with van der Waals surface area (Å²) in [5.74, 6) is -1.88. The zero-order chi connectivity index (χ0) is 21.4. The molecule has 0 unspecified atom stereocenters. The van der Waals surface area contributed by atoms with Crippen LogP contribution in [0.2, 0.25) is 0 Å². The fourth-order valence-corrected chi connectivity index (χ4v) is 3.83. The fourth-order valence-electron chi connectivity index (χ4n) is 3.83. The first kappa shape index (κ1) is 23.1. The van der Waals surface area contributed by atoms with Crippen LogP contribution in [0.3, 0.4) is 0 Å². The molecule has 6 heteroatoms. The first-order chi connectivity index (χ1) is 13.9. The molecule has 1 aliphatic rings. The van der Waals surface area contributed by atoms with E-state index in [1.807, 2.05) is 0 Å². The number of rotatable bonds is 12. The Hall–Kier alpha value is -2.21. The molecule has 0 aliphatic carbocycles. The molecule has 2 rings (SSSR count). The average Bonchev–Trinajstić information content (AvgIpc) is 2.94. The molecule has 1 heterocycles. The molecule has 0 saturated carbocycles. The maximum atomic E-state index is 13.8. The van der Waals surface area contributed by atoms with Gasteiger partial charge in [0.2, 0.25) is 0 Å². The largest absolute Gasteiger partial charge is 0.503 e. The lowest BCUT2D eigenvalue weighted by Gasteiger charge is -2.28. The Kier molecular flexibility index (Phi) is 8.83. The predicted molar refractivity (Wildman–Crippen MR) is 112 cm³/mol. The minimum atomic E-state index is -0.740. The van der Waals surface area contributed by atoms with Crippen LogP contribution in [0, 0.1) is 5.82 Å². The van der Waals surface area contributed by atoms with Crippen LogP contribution in [0.15, 0.2) is 35.6 Å². The molecule has 0 saturated heterocycles. The molecule has 0 aromatic heterocycles. The van der Waals surface area contributed by atoms with E-state index in [9.17, 15) is 19.1 Å². The van der Waals surface area contributed by atoms with E-state index in [1.165, 1.54) is 24.0 Å². The lowest BCUT2D eigenvalue weighted by molar-refractivity contribution is -0.129. The number of Topliss-reactive ketones (excluding diaryl/α,β-unsaturated/α-hetero) is 1. The summed E-state index contributed by atoms with van der Waals surface area (Å²) in [6, 6.07) is 5.14. The number of hydrogen-bond donors (Lipinski definition) is 1. The number of hydrogen-bond acceptors (Lipinski definition) is 4. The van der Waals surface area contributed by atoms with Crippen molar-refractivity contribution >= 4 is 11.7 Å². The molecule has 1 aliphatic heterocycles. The number of nitrogens with zero attached hydrogens (tertiary/aromatic N) is 2. The standard InChI is InChI=1S/C23H33FN2O3/c1-4-6-12-25(13-7-5-2)14-9-15-26-21(18-10-8-11-19(24)16-18)20(17(3)27)22(28)23(26)29/h8,10-11,16,21,28H,4-7,9,12-15H2,1-3H3/t21-/m1/s1. The highest BCUT2D eigenvalue weighted by Gasteiger charge is 2.42. The molecule has 160 valence electrons. The van der Waals surface area contributed by atoms with E-state index in [2.05, 4.69) is 18.7 Å². The number of ketones is 1. The van der Waals surface area contributed by atoms with Gasteiger partial charge in [-0.3, -0.25) is 9.59 Å². The van der Waals surface area contributed by atoms with Gasteiger partial charge in [0.05, 0.1) is 11.6 Å². The first-order valence-electron chi connectivity index (χ1n) is 10.6. The molecule has 5 nitrogen and oxygen atoms in total. The van der Waals surface area contributed by atoms with Gasteiger partial charge in [-0.15, -0.1) is 0 Å². The number of aliphatic hydroxyl groups excluding tert-OH is 1. The fraction of sp³-hybridized carbons (Fsp3) is 0.565. The zero-order valence-electron chi connectivity index (χ0n) is 17.8. The SMILES string of the molecule is CCCCN(CCCC)CCCN1C(=O)C(O)=C(C(C)=O)[C@H]1c1cccc(F)c1. The van der Waals surface area contributed by atoms with E-state index in [0.29, 0.717) is 12.1 Å². The van der Waals surface area contributed by atoms with Crippen molar-refractivity contribution in [3.05, 3.63) is 47.0 Å². The van der Waals surface area contributed by atoms with Crippen LogP contribution >= 0.6 is 0 Å². The summed E-state index contributed by atoms with van der Waals surface area (Å²) in [7, 11) is 0. The Morgan fingerprint density at radius 1 is 1.14 bits per heavy atom. The number of aliphatic hydroxyl groups is 1. The summed E-state index contributed by atoms with van der Waals surface area (Å²) < 4.78 is 13.8. The van der Waals surface area contributed by atoms with Gasteiger partial charge in [0.15, 0.2) is 11.5 Å². The normalized spacial score (nSPS) is 16.9. The summed E-state index contributed by atoms with van der Waals surface area (Å²) in [6.07, 6.45) is 5.26. The molecule has 1 aromatic rings. The molecular weight excluding hydrogens is 371 g/mol. The number of unbranched alkanes of at least 4 members (excludes halogenated alkanes) is 2. The smallest absolute Gasteiger partial charge is 0.290 e. The molecular formula is C23H33FN2O3. The summed E-state index contributed by atoms with van der Waals surface area (Å²) >= 11 is 0. The van der Waals surface area contributed by atoms with Crippen LogP contribution in [-0.4, -0.2) is 52.8 Å². The third-order valence-corrected chi connectivity index (χ3v) is 5.38. The second-order valence-electron chi connectivity index (χ2n) is 7.68. The second-order valence-corrected chi connectivity index (χ2v) is 7.68. The molecule has 1 aromatic carbocycles. The van der Waals surface area contributed by atoms with Crippen molar-refractivity contribution in [3.8, 4) is 0 Å². The average molecular weight is 405 g/mol. The lowest BCUT2D eigenvalue weighted by Crippen LogP contribution is -2.35. The Balaban J connectivity index is 2.15. The maximum Gasteiger partial charge on any atom is 0.290 e. The van der Waals surface area contributed by atoms with Crippen LogP contribution in [0.5, 0.6) is 0 Å². The molecule has 0 spiro atoms. The van der Waals surface area contributed by atoms with Gasteiger partial charge in [0.25, 0.3) is 5.91 Å². The van der Waals surface area contributed by atoms with Gasteiger partial charge < -0.3 is 14.9 Å². The molecule has 29 heavy (non-hydrogen) atoms. The third-order valence-electron chi connectivity index (χ3n) is 5.38. The second kappa shape index (κ2) is 11.1. The van der Waals surface area contributed by atoms with Gasteiger partial charge >= 0.3 is 0 Å². The highest BCUT2D eigenvalue weighted by atomic mass is 19.1. The molecule has 1 N–H and O–H groups in total. The van der Waals surface area contributed by atoms with E-state index in [0.717, 1.165) is 51.7 Å². The summed E-state index contributed by atoms with van der Waals surface area (Å²) in [5.41, 5.74) is 0.552. The monoisotopic (exact) mass is 404 g/mol. The van der Waals surface area contributed by atoms with Crippen molar-refractivity contribution in [2.45, 2.75) is 58.9 Å². The number of amides is 1. The zero-order valence-corrected chi connectivity index (χ0v) is 17.8. The molecule has 0 fully saturated rings. The van der Waals surface area contributed by atoms with E-state index in [-0.39, 0.29) is 11.4 Å². The Labute approximate surface area is 173 Å². The lowest BCUT2D eigenvalue weighted by atomic mass is 9.96. The topological polar surface area (TPSA) is 60.9 Å². The summed E-state index contributed by atoms with van der Waals surface area (Å²) in [6.45, 7) is 8.96. The minimum Gasteiger partial charge on any atom is -0.503 e. The molecule has 0 radical (unpaired) electrons. The van der Waals surface area contributed by atoms with Gasteiger partial charge in [0, 0.05) is 6.54 Å². The number of carbonyl (C=O) groups is 2. The van der Waals surface area contributed by atoms with Crippen molar-refractivity contribution in [3.63, 3.8) is 0 Å². The van der Waals surface area contributed by atoms with Gasteiger partial charge in [-0.1, -0.05) is 38.8 Å². The quantitative estimate of drug-likeness (QED) is 0.561. The van der Waals surface area contributed by atoms with Crippen LogP contribution in [-0.2, 0) is 9.59 Å². The first-order valence-corrected chi connectivity index (χ1v) is 10.6. The maximum absolute atomic E-state index is 13.8. The van der Waals surface area contributed by atoms with Gasteiger partial charge in [-0.2, -0.15) is 0 Å². The molecule has 1 atom stereocenters. The van der Waals surface area contributed by atoms with E-state index < -0.39 is 23.5 Å².